The monoisotopic (exact) mass is 1070 g/mol. The van der Waals surface area contributed by atoms with Crippen molar-refractivity contribution in [2.45, 2.75) is 57.5 Å². The van der Waals surface area contributed by atoms with Crippen LogP contribution in [0.3, 0.4) is 0 Å². The number of nitrogens with zero attached hydrogens (tertiary/aromatic N) is 1. The number of unbranched alkanes of at least 4 members (excludes halogenated alkanes) is 1. The third kappa shape index (κ3) is 28.4. The van der Waals surface area contributed by atoms with E-state index in [0.29, 0.717) is 158 Å². The molecular formula is C54H82N4O18. The first-order chi connectivity index (χ1) is 37.3. The number of para-hydroxylation sites is 1. The summed E-state index contributed by atoms with van der Waals surface area (Å²) in [5.41, 5.74) is 6.80. The molecule has 0 spiro atoms. The van der Waals surface area contributed by atoms with Crippen LogP contribution < -0.4 is 20.9 Å². The molecule has 0 saturated carbocycles. The average Bonchev–Trinajstić information content (AvgIpc) is 4.22. The molecule has 2 aliphatic rings. The van der Waals surface area contributed by atoms with Crippen LogP contribution in [0.25, 0.3) is 11.1 Å². The molecule has 426 valence electrons. The Morgan fingerprint density at radius 1 is 0.500 bits per heavy atom. The van der Waals surface area contributed by atoms with Crippen molar-refractivity contribution < 1.29 is 85.9 Å². The molecule has 2 aromatic rings. The lowest BCUT2D eigenvalue weighted by Crippen LogP contribution is -2.53. The summed E-state index contributed by atoms with van der Waals surface area (Å²) < 4.78 is 65.1. The number of nitrogens with one attached hydrogen (secondary N) is 3. The Kier molecular flexibility index (Phi) is 34.5. The summed E-state index contributed by atoms with van der Waals surface area (Å²) in [4.78, 5) is 65.1. The third-order valence-corrected chi connectivity index (χ3v) is 11.5. The maximum atomic E-state index is 13.7. The van der Waals surface area contributed by atoms with Gasteiger partial charge in [0.1, 0.15) is 6.04 Å². The highest BCUT2D eigenvalue weighted by Crippen LogP contribution is 2.52. The fraction of sp³-hybridized carbons (Fsp3) is 0.648. The first kappa shape index (κ1) is 63.6. The smallest absolute Gasteiger partial charge is 0.305 e. The zero-order valence-corrected chi connectivity index (χ0v) is 44.4. The van der Waals surface area contributed by atoms with E-state index in [1.165, 1.54) is 16.7 Å². The van der Waals surface area contributed by atoms with Gasteiger partial charge < -0.3 is 82.8 Å². The molecule has 0 unspecified atom stereocenters. The number of carbonyl (C=O) groups is 5. The molecule has 0 radical (unpaired) electrons. The zero-order valence-electron chi connectivity index (χ0n) is 44.4. The van der Waals surface area contributed by atoms with E-state index in [1.54, 1.807) is 7.11 Å². The molecule has 4 amide bonds. The van der Waals surface area contributed by atoms with E-state index in [4.69, 9.17) is 61.9 Å². The number of methoxy groups -OCH3 is 1. The molecule has 2 aromatic carbocycles. The zero-order chi connectivity index (χ0) is 54.1. The van der Waals surface area contributed by atoms with E-state index < -0.39 is 29.7 Å². The highest BCUT2D eigenvalue weighted by molar-refractivity contribution is 6.12. The van der Waals surface area contributed by atoms with E-state index in [0.717, 1.165) is 23.2 Å². The van der Waals surface area contributed by atoms with Gasteiger partial charge in [-0.15, -0.1) is 0 Å². The van der Waals surface area contributed by atoms with Crippen LogP contribution in [0, 0.1) is 0 Å². The summed E-state index contributed by atoms with van der Waals surface area (Å²) in [5.74, 6) is -2.61. The van der Waals surface area contributed by atoms with Crippen LogP contribution in [0.4, 0.5) is 5.69 Å². The minimum atomic E-state index is -1.14. The number of ether oxygens (including phenoxy) is 12. The van der Waals surface area contributed by atoms with Gasteiger partial charge in [-0.25, -0.2) is 0 Å². The Hall–Kier alpha value is -4.95. The second kappa shape index (κ2) is 41.2. The average molecular weight is 1080 g/mol. The van der Waals surface area contributed by atoms with Crippen molar-refractivity contribution in [2.24, 2.45) is 0 Å². The summed E-state index contributed by atoms with van der Waals surface area (Å²) in [6, 6.07) is 15.0. The number of amides is 4. The summed E-state index contributed by atoms with van der Waals surface area (Å²) in [6.45, 7) is 10.1. The Labute approximate surface area is 446 Å². The van der Waals surface area contributed by atoms with Crippen molar-refractivity contribution in [1.82, 2.24) is 16.0 Å². The predicted molar refractivity (Wildman–Crippen MR) is 280 cm³/mol. The second-order valence-electron chi connectivity index (χ2n) is 17.3. The first-order valence-corrected chi connectivity index (χ1v) is 26.4. The molecule has 0 fully saturated rings. The quantitative estimate of drug-likeness (QED) is 0.0695. The van der Waals surface area contributed by atoms with Crippen LogP contribution in [0.5, 0.6) is 0 Å². The molecule has 1 aliphatic carbocycles. The lowest BCUT2D eigenvalue weighted by atomic mass is 10.0. The van der Waals surface area contributed by atoms with Gasteiger partial charge in [-0.1, -0.05) is 42.5 Å². The highest BCUT2D eigenvalue weighted by Gasteiger charge is 2.33. The van der Waals surface area contributed by atoms with Crippen molar-refractivity contribution >= 4 is 46.4 Å². The summed E-state index contributed by atoms with van der Waals surface area (Å²) >= 11 is 0. The van der Waals surface area contributed by atoms with Crippen molar-refractivity contribution in [2.75, 3.05) is 177 Å². The normalized spacial score (nSPS) is 13.0. The fourth-order valence-electron chi connectivity index (χ4n) is 7.54. The van der Waals surface area contributed by atoms with E-state index >= 15 is 0 Å². The number of carboxylic acids is 1. The Morgan fingerprint density at radius 2 is 0.934 bits per heavy atom. The van der Waals surface area contributed by atoms with Gasteiger partial charge in [0.2, 0.25) is 23.6 Å². The van der Waals surface area contributed by atoms with E-state index in [-0.39, 0.29) is 57.9 Å². The summed E-state index contributed by atoms with van der Waals surface area (Å²) in [7, 11) is 1.64. The van der Waals surface area contributed by atoms with Crippen molar-refractivity contribution in [3.63, 3.8) is 0 Å². The van der Waals surface area contributed by atoms with Crippen LogP contribution in [0.2, 0.25) is 0 Å². The molecule has 0 aromatic heterocycles. The van der Waals surface area contributed by atoms with Gasteiger partial charge in [0, 0.05) is 45.0 Å². The lowest BCUT2D eigenvalue weighted by molar-refractivity contribution is -0.137. The molecule has 76 heavy (non-hydrogen) atoms. The molecule has 1 aliphatic heterocycles. The first-order valence-electron chi connectivity index (χ1n) is 26.4. The Balaban J connectivity index is 0.919. The highest BCUT2D eigenvalue weighted by atomic mass is 16.6. The van der Waals surface area contributed by atoms with Gasteiger partial charge in [-0.2, -0.15) is 0 Å². The topological polar surface area (TPSA) is 256 Å². The number of anilines is 1. The molecular weight excluding hydrogens is 993 g/mol. The van der Waals surface area contributed by atoms with Gasteiger partial charge in [0.25, 0.3) is 0 Å². The number of hydrogen-bond acceptors (Lipinski definition) is 17. The van der Waals surface area contributed by atoms with Crippen LogP contribution in [0.15, 0.2) is 48.5 Å². The van der Waals surface area contributed by atoms with E-state index in [1.807, 2.05) is 35.2 Å². The standard InChI is InChI=1S/C54H82N4O18/c1-65-18-19-67-22-23-69-26-27-71-30-31-73-34-35-75-38-39-76-37-36-74-33-32-72-29-28-70-25-24-68-21-20-66-17-15-50(59)56-41-48(54(64)55-16-14-53(62)63)57-51(60)12-6-7-13-52(61)58-42-43-8-2-3-9-44(43)46-40-47(46)45-10-4-5-11-49(45)58/h2-5,8-11,48H,6-7,12-42H2,1H3,(H,55,64)(H,56,59)(H,57,60)(H,62,63)/t48-/m0/s1. The number of benzene rings is 2. The van der Waals surface area contributed by atoms with Gasteiger partial charge in [0.05, 0.1) is 171 Å². The number of hydrogen-bond donors (Lipinski definition) is 4. The van der Waals surface area contributed by atoms with Crippen molar-refractivity contribution in [3.05, 3.63) is 65.2 Å². The predicted octanol–water partition coefficient (Wildman–Crippen LogP) is 2.82. The second-order valence-corrected chi connectivity index (χ2v) is 17.3. The van der Waals surface area contributed by atoms with E-state index in [9.17, 15) is 24.0 Å². The fourth-order valence-corrected chi connectivity index (χ4v) is 7.54. The van der Waals surface area contributed by atoms with Gasteiger partial charge in [0.15, 0.2) is 0 Å². The SMILES string of the molecule is COCCOCCOCCOCCOCCOCCOCCOCCOCCOCCOCCOCCC(=O)NC[C@H](NC(=O)CCCCC(=O)N1Cc2ccccc2C2=C(C2)c2ccccc21)C(=O)NCCC(=O)O. The van der Waals surface area contributed by atoms with Gasteiger partial charge in [-0.05, 0) is 47.6 Å². The Morgan fingerprint density at radius 3 is 1.43 bits per heavy atom. The number of carbonyl (C=O) groups excluding carboxylic acids is 4. The molecule has 0 bridgehead atoms. The lowest BCUT2D eigenvalue weighted by Gasteiger charge is -2.27. The molecule has 1 atom stereocenters. The molecule has 0 saturated heterocycles. The van der Waals surface area contributed by atoms with Crippen LogP contribution in [-0.2, 0) is 87.4 Å². The minimum absolute atomic E-state index is 0.000243. The number of carboxylic acid groups (broad SMARTS) is 1. The third-order valence-electron chi connectivity index (χ3n) is 11.5. The molecule has 22 nitrogen and oxygen atoms in total. The van der Waals surface area contributed by atoms with Crippen LogP contribution in [-0.4, -0.2) is 213 Å². The maximum absolute atomic E-state index is 13.7. The van der Waals surface area contributed by atoms with Gasteiger partial charge >= 0.3 is 5.97 Å². The summed E-state index contributed by atoms with van der Waals surface area (Å²) in [5, 5.41) is 16.8. The molecule has 4 rings (SSSR count). The van der Waals surface area contributed by atoms with Crippen molar-refractivity contribution in [1.29, 1.82) is 0 Å². The molecule has 4 N–H and O–H groups in total. The Bertz CT molecular complexity index is 1990. The van der Waals surface area contributed by atoms with Gasteiger partial charge in [-0.3, -0.25) is 24.0 Å². The largest absolute Gasteiger partial charge is 0.481 e. The minimum Gasteiger partial charge on any atom is -0.481 e. The number of aliphatic carboxylic acids is 1. The number of allylic oxidation sites excluding steroid dienone is 2. The van der Waals surface area contributed by atoms with Crippen LogP contribution >= 0.6 is 0 Å². The molecule has 22 heteroatoms. The van der Waals surface area contributed by atoms with Crippen LogP contribution in [0.1, 0.15) is 61.6 Å². The maximum Gasteiger partial charge on any atom is 0.305 e. The van der Waals surface area contributed by atoms with Crippen molar-refractivity contribution in [3.8, 4) is 0 Å². The number of rotatable bonds is 48. The van der Waals surface area contributed by atoms with E-state index in [2.05, 4.69) is 34.1 Å². The summed E-state index contributed by atoms with van der Waals surface area (Å²) in [6.07, 6.45) is 1.69. The number of fused-ring (bicyclic) bond motifs is 4. The molecule has 1 heterocycles.